The minimum atomic E-state index is 0.272. The lowest BCUT2D eigenvalue weighted by Gasteiger charge is -2.27. The van der Waals surface area contributed by atoms with Crippen molar-refractivity contribution in [2.75, 3.05) is 33.2 Å². The highest BCUT2D eigenvalue weighted by Gasteiger charge is 2.26. The molecule has 1 aromatic rings. The van der Waals surface area contributed by atoms with Gasteiger partial charge >= 0.3 is 0 Å². The third-order valence-electron chi connectivity index (χ3n) is 4.04. The first-order valence-corrected chi connectivity index (χ1v) is 8.35. The number of nitrogens with one attached hydrogen (secondary N) is 2. The highest BCUT2D eigenvalue weighted by atomic mass is 16.3. The number of furan rings is 1. The summed E-state index contributed by atoms with van der Waals surface area (Å²) in [4.78, 5) is 6.80. The second kappa shape index (κ2) is 8.22. The smallest absolute Gasteiger partial charge is 0.191 e. The van der Waals surface area contributed by atoms with Gasteiger partial charge in [-0.15, -0.1) is 0 Å². The molecule has 1 aliphatic rings. The zero-order valence-electron chi connectivity index (χ0n) is 14.4. The van der Waals surface area contributed by atoms with Crippen molar-refractivity contribution in [3.63, 3.8) is 0 Å². The molecule has 0 spiro atoms. The second-order valence-electron chi connectivity index (χ2n) is 6.44. The maximum Gasteiger partial charge on any atom is 0.191 e. The summed E-state index contributed by atoms with van der Waals surface area (Å²) in [6, 6.07) is 4.42. The van der Waals surface area contributed by atoms with Crippen molar-refractivity contribution in [1.29, 1.82) is 0 Å². The second-order valence-corrected chi connectivity index (χ2v) is 6.44. The molecule has 1 aromatic heterocycles. The molecule has 1 saturated heterocycles. The van der Waals surface area contributed by atoms with Crippen molar-refractivity contribution >= 4 is 5.96 Å². The average Bonchev–Trinajstić information content (AvgIpc) is 3.14. The number of guanidine groups is 1. The van der Waals surface area contributed by atoms with Gasteiger partial charge in [0.05, 0.1) is 6.04 Å². The summed E-state index contributed by atoms with van der Waals surface area (Å²) in [5, 5.41) is 6.81. The van der Waals surface area contributed by atoms with E-state index in [1.54, 1.807) is 0 Å². The van der Waals surface area contributed by atoms with Gasteiger partial charge in [-0.2, -0.15) is 0 Å². The lowest BCUT2D eigenvalue weighted by molar-refractivity contribution is 0.213. The molecule has 1 unspecified atom stereocenters. The predicted molar refractivity (Wildman–Crippen MR) is 91.2 cm³/mol. The third kappa shape index (κ3) is 4.77. The molecule has 1 aliphatic heterocycles. The van der Waals surface area contributed by atoms with Crippen LogP contribution in [0.25, 0.3) is 0 Å². The number of aryl methyl sites for hydroxylation is 1. The fourth-order valence-electron chi connectivity index (χ4n) is 2.81. The van der Waals surface area contributed by atoms with Crippen molar-refractivity contribution in [3.8, 4) is 0 Å². The van der Waals surface area contributed by atoms with Crippen LogP contribution in [0.4, 0.5) is 0 Å². The zero-order valence-corrected chi connectivity index (χ0v) is 14.4. The highest BCUT2D eigenvalue weighted by Crippen LogP contribution is 2.26. The Morgan fingerprint density at radius 3 is 2.45 bits per heavy atom. The van der Waals surface area contributed by atoms with E-state index in [0.717, 1.165) is 43.7 Å². The van der Waals surface area contributed by atoms with Crippen LogP contribution in [-0.4, -0.2) is 44.1 Å². The summed E-state index contributed by atoms with van der Waals surface area (Å²) in [6.45, 7) is 10.4. The average molecular weight is 306 g/mol. The monoisotopic (exact) mass is 306 g/mol. The van der Waals surface area contributed by atoms with E-state index in [2.05, 4.69) is 40.4 Å². The fourth-order valence-corrected chi connectivity index (χ4v) is 2.81. The number of nitrogens with zero attached hydrogens (tertiary/aromatic N) is 2. The maximum absolute atomic E-state index is 5.88. The Morgan fingerprint density at radius 2 is 1.91 bits per heavy atom. The largest absolute Gasteiger partial charge is 0.465 e. The summed E-state index contributed by atoms with van der Waals surface area (Å²) in [6.07, 6.45) is 2.55. The first-order chi connectivity index (χ1) is 10.6. The first-order valence-electron chi connectivity index (χ1n) is 8.35. The molecule has 1 fully saturated rings. The Morgan fingerprint density at radius 1 is 1.23 bits per heavy atom. The van der Waals surface area contributed by atoms with Crippen molar-refractivity contribution in [2.45, 2.75) is 39.7 Å². The molecule has 124 valence electrons. The van der Waals surface area contributed by atoms with Gasteiger partial charge in [0.15, 0.2) is 5.96 Å². The maximum atomic E-state index is 5.88. The molecule has 22 heavy (non-hydrogen) atoms. The van der Waals surface area contributed by atoms with Gasteiger partial charge in [-0.05, 0) is 50.9 Å². The molecule has 0 radical (unpaired) electrons. The minimum absolute atomic E-state index is 0.272. The third-order valence-corrected chi connectivity index (χ3v) is 4.04. The van der Waals surface area contributed by atoms with Crippen molar-refractivity contribution in [3.05, 3.63) is 23.7 Å². The van der Waals surface area contributed by atoms with Crippen LogP contribution in [0.3, 0.4) is 0 Å². The molecule has 5 heteroatoms. The van der Waals surface area contributed by atoms with E-state index in [4.69, 9.17) is 4.42 Å². The number of hydrogen-bond donors (Lipinski definition) is 2. The Labute approximate surface area is 134 Å². The Kier molecular flexibility index (Phi) is 6.31. The zero-order chi connectivity index (χ0) is 15.9. The summed E-state index contributed by atoms with van der Waals surface area (Å²) in [7, 11) is 1.82. The van der Waals surface area contributed by atoms with Crippen LogP contribution in [0.2, 0.25) is 0 Å². The van der Waals surface area contributed by atoms with Gasteiger partial charge in [0.2, 0.25) is 0 Å². The van der Waals surface area contributed by atoms with Crippen LogP contribution in [0, 0.1) is 12.8 Å². The Bertz CT molecular complexity index is 475. The van der Waals surface area contributed by atoms with Gasteiger partial charge < -0.3 is 15.1 Å². The number of likely N-dealkylation sites (tertiary alicyclic amines) is 1. The summed E-state index contributed by atoms with van der Waals surface area (Å²) >= 11 is 0. The van der Waals surface area contributed by atoms with E-state index in [9.17, 15) is 0 Å². The SMILES string of the molecule is CN=C(NCC(C)C)NCC(c1ccc(C)o1)N1CCCC1. The molecule has 0 amide bonds. The first kappa shape index (κ1) is 16.9. The molecule has 0 saturated carbocycles. The summed E-state index contributed by atoms with van der Waals surface area (Å²) < 4.78 is 5.88. The van der Waals surface area contributed by atoms with Gasteiger partial charge in [0, 0.05) is 20.1 Å². The summed E-state index contributed by atoms with van der Waals surface area (Å²) in [5.74, 6) is 3.48. The Hall–Kier alpha value is -1.49. The quantitative estimate of drug-likeness (QED) is 0.626. The van der Waals surface area contributed by atoms with Crippen LogP contribution >= 0.6 is 0 Å². The van der Waals surface area contributed by atoms with Gasteiger partial charge in [0.25, 0.3) is 0 Å². The number of rotatable bonds is 6. The molecule has 2 N–H and O–H groups in total. The predicted octanol–water partition coefficient (Wildman–Crippen LogP) is 2.55. The normalized spacial score (nSPS) is 18.0. The van der Waals surface area contributed by atoms with Crippen LogP contribution in [0.1, 0.15) is 44.3 Å². The van der Waals surface area contributed by atoms with Crippen LogP contribution in [0.5, 0.6) is 0 Å². The topological polar surface area (TPSA) is 52.8 Å². The van der Waals surface area contributed by atoms with Crippen LogP contribution in [0.15, 0.2) is 21.5 Å². The lowest BCUT2D eigenvalue weighted by Crippen LogP contribution is -2.43. The molecular formula is C17H30N4O. The molecule has 5 nitrogen and oxygen atoms in total. The van der Waals surface area contributed by atoms with E-state index in [-0.39, 0.29) is 6.04 Å². The molecule has 0 aromatic carbocycles. The molecule has 2 heterocycles. The number of aliphatic imine (C=N–C) groups is 1. The standard InChI is InChI=1S/C17H30N4O/c1-13(2)11-19-17(18-4)20-12-15(21-9-5-6-10-21)16-8-7-14(3)22-16/h7-8,13,15H,5-6,9-12H2,1-4H3,(H2,18,19,20). The van der Waals surface area contributed by atoms with E-state index >= 15 is 0 Å². The van der Waals surface area contributed by atoms with E-state index in [1.165, 1.54) is 12.8 Å². The van der Waals surface area contributed by atoms with Crippen LogP contribution < -0.4 is 10.6 Å². The van der Waals surface area contributed by atoms with Crippen molar-refractivity contribution < 1.29 is 4.42 Å². The minimum Gasteiger partial charge on any atom is -0.465 e. The molecular weight excluding hydrogens is 276 g/mol. The van der Waals surface area contributed by atoms with Gasteiger partial charge in [0.1, 0.15) is 11.5 Å². The van der Waals surface area contributed by atoms with E-state index in [0.29, 0.717) is 5.92 Å². The fraction of sp³-hybridized carbons (Fsp3) is 0.706. The molecule has 1 atom stereocenters. The number of hydrogen-bond acceptors (Lipinski definition) is 3. The van der Waals surface area contributed by atoms with Gasteiger partial charge in [-0.3, -0.25) is 9.89 Å². The van der Waals surface area contributed by atoms with Gasteiger partial charge in [-0.25, -0.2) is 0 Å². The molecule has 0 bridgehead atoms. The molecule has 0 aliphatic carbocycles. The van der Waals surface area contributed by atoms with Crippen molar-refractivity contribution in [1.82, 2.24) is 15.5 Å². The van der Waals surface area contributed by atoms with E-state index in [1.807, 2.05) is 20.0 Å². The van der Waals surface area contributed by atoms with Crippen molar-refractivity contribution in [2.24, 2.45) is 10.9 Å². The lowest BCUT2D eigenvalue weighted by atomic mass is 10.2. The van der Waals surface area contributed by atoms with Crippen LogP contribution in [-0.2, 0) is 0 Å². The van der Waals surface area contributed by atoms with Gasteiger partial charge in [-0.1, -0.05) is 13.8 Å². The molecule has 2 rings (SSSR count). The van der Waals surface area contributed by atoms with E-state index < -0.39 is 0 Å². The summed E-state index contributed by atoms with van der Waals surface area (Å²) in [5.41, 5.74) is 0. The highest BCUT2D eigenvalue weighted by molar-refractivity contribution is 5.79. The Balaban J connectivity index is 1.97.